The van der Waals surface area contributed by atoms with Gasteiger partial charge in [-0.2, -0.15) is 16.8 Å². The highest BCUT2D eigenvalue weighted by atomic mass is 32.2. The molecule has 3 rings (SSSR count). The molecule has 1 aromatic heterocycles. The maximum Gasteiger partial charge on any atom is 0.261 e. The normalized spacial score (nSPS) is 19.4. The number of amidine groups is 1. The first-order valence-electron chi connectivity index (χ1n) is 7.87. The van der Waals surface area contributed by atoms with Gasteiger partial charge in [0.1, 0.15) is 11.8 Å². The molecule has 1 N–H and O–H groups in total. The summed E-state index contributed by atoms with van der Waals surface area (Å²) in [4.78, 5) is 37.8. The molecule has 1 unspecified atom stereocenters. The van der Waals surface area contributed by atoms with Crippen molar-refractivity contribution < 1.29 is 9.59 Å². The lowest BCUT2D eigenvalue weighted by atomic mass is 10.0. The van der Waals surface area contributed by atoms with Crippen LogP contribution in [0.25, 0.3) is 0 Å². The van der Waals surface area contributed by atoms with Crippen LogP contribution in [0.3, 0.4) is 0 Å². The second-order valence-corrected chi connectivity index (χ2v) is 7.98. The maximum absolute atomic E-state index is 12.2. The number of allylic oxidation sites excluding steroid dienone is 1. The summed E-state index contributed by atoms with van der Waals surface area (Å²) < 4.78 is 0. The van der Waals surface area contributed by atoms with Crippen LogP contribution in [0.5, 0.6) is 0 Å². The standard InChI is InChI=1S/C17H18N4O2S2/c1-10-11(2)25-17-14(10)16(23)20-13(21-17)9-24-7-6-19-15(22)12-4-3-5-18-8-12/h3-5,8,14H,6-7,9H2,1-2H3,(H,19,22). The van der Waals surface area contributed by atoms with Crippen LogP contribution in [-0.2, 0) is 4.79 Å². The molecule has 0 radical (unpaired) electrons. The van der Waals surface area contributed by atoms with Crippen molar-refractivity contribution in [2.24, 2.45) is 15.9 Å². The highest BCUT2D eigenvalue weighted by Crippen LogP contribution is 2.39. The summed E-state index contributed by atoms with van der Waals surface area (Å²) >= 11 is 3.16. The zero-order valence-corrected chi connectivity index (χ0v) is 15.6. The molecule has 8 heteroatoms. The molecule has 130 valence electrons. The van der Waals surface area contributed by atoms with Gasteiger partial charge in [-0.05, 0) is 36.5 Å². The Kier molecular flexibility index (Phi) is 5.70. The summed E-state index contributed by atoms with van der Waals surface area (Å²) in [7, 11) is 0. The first kappa shape index (κ1) is 17.9. The van der Waals surface area contributed by atoms with E-state index >= 15 is 0 Å². The van der Waals surface area contributed by atoms with E-state index in [1.165, 1.54) is 6.20 Å². The molecule has 0 saturated carbocycles. The van der Waals surface area contributed by atoms with E-state index < -0.39 is 0 Å². The number of hydrogen-bond acceptors (Lipinski definition) is 6. The Morgan fingerprint density at radius 3 is 2.96 bits per heavy atom. The zero-order chi connectivity index (χ0) is 17.8. The average Bonchev–Trinajstić information content (AvgIpc) is 2.89. The minimum atomic E-state index is -0.266. The van der Waals surface area contributed by atoms with Gasteiger partial charge in [0.05, 0.1) is 16.4 Å². The topological polar surface area (TPSA) is 83.8 Å². The molecule has 2 amide bonds. The number of nitrogens with one attached hydrogen (secondary N) is 1. The van der Waals surface area contributed by atoms with Gasteiger partial charge in [-0.25, -0.2) is 4.99 Å². The first-order valence-corrected chi connectivity index (χ1v) is 9.84. The third-order valence-electron chi connectivity index (χ3n) is 3.91. The molecule has 6 nitrogen and oxygen atoms in total. The van der Waals surface area contributed by atoms with Gasteiger partial charge >= 0.3 is 0 Å². The molecule has 1 atom stereocenters. The maximum atomic E-state index is 12.2. The summed E-state index contributed by atoms with van der Waals surface area (Å²) in [5.41, 5.74) is 1.60. The van der Waals surface area contributed by atoms with Gasteiger partial charge in [0.15, 0.2) is 0 Å². The Labute approximate surface area is 154 Å². The number of amides is 2. The van der Waals surface area contributed by atoms with Gasteiger partial charge in [0, 0.05) is 24.7 Å². The van der Waals surface area contributed by atoms with Crippen molar-refractivity contribution in [1.82, 2.24) is 10.3 Å². The summed E-state index contributed by atoms with van der Waals surface area (Å²) in [6.07, 6.45) is 3.17. The molecule has 3 heterocycles. The molecule has 0 aromatic carbocycles. The van der Waals surface area contributed by atoms with Crippen LogP contribution in [0, 0.1) is 5.92 Å². The highest BCUT2D eigenvalue weighted by molar-refractivity contribution is 8.17. The molecule has 1 aromatic rings. The molecule has 0 fully saturated rings. The van der Waals surface area contributed by atoms with E-state index in [0.717, 1.165) is 21.3 Å². The molecule has 25 heavy (non-hydrogen) atoms. The van der Waals surface area contributed by atoms with E-state index in [2.05, 4.69) is 20.3 Å². The predicted octanol–water partition coefficient (Wildman–Crippen LogP) is 2.54. The van der Waals surface area contributed by atoms with E-state index in [1.54, 1.807) is 41.9 Å². The van der Waals surface area contributed by atoms with Crippen LogP contribution in [0.1, 0.15) is 24.2 Å². The lowest BCUT2D eigenvalue weighted by Gasteiger charge is -2.14. The molecule has 0 saturated heterocycles. The van der Waals surface area contributed by atoms with Gasteiger partial charge in [0.25, 0.3) is 11.8 Å². The second-order valence-electron chi connectivity index (χ2n) is 5.64. The van der Waals surface area contributed by atoms with Crippen LogP contribution in [0.2, 0.25) is 0 Å². The lowest BCUT2D eigenvalue weighted by molar-refractivity contribution is -0.118. The quantitative estimate of drug-likeness (QED) is 0.774. The molecule has 0 aliphatic carbocycles. The van der Waals surface area contributed by atoms with E-state index in [9.17, 15) is 9.59 Å². The smallest absolute Gasteiger partial charge is 0.261 e. The molecular weight excluding hydrogens is 356 g/mol. The van der Waals surface area contributed by atoms with E-state index in [0.29, 0.717) is 23.7 Å². The van der Waals surface area contributed by atoms with Gasteiger partial charge in [-0.1, -0.05) is 11.8 Å². The monoisotopic (exact) mass is 374 g/mol. The Balaban J connectivity index is 1.43. The number of carbonyl (C=O) groups is 2. The highest BCUT2D eigenvalue weighted by Gasteiger charge is 2.36. The number of rotatable bonds is 6. The number of aromatic nitrogens is 1. The van der Waals surface area contributed by atoms with Crippen LogP contribution in [0.15, 0.2) is 45.0 Å². The third-order valence-corrected chi connectivity index (χ3v) is 6.02. The summed E-state index contributed by atoms with van der Waals surface area (Å²) in [6, 6.07) is 3.45. The average molecular weight is 374 g/mol. The largest absolute Gasteiger partial charge is 0.351 e. The second kappa shape index (κ2) is 7.97. The molecular formula is C17H18N4O2S2. The van der Waals surface area contributed by atoms with Gasteiger partial charge in [-0.3, -0.25) is 14.6 Å². The number of aliphatic imine (C=N–C) groups is 2. The van der Waals surface area contributed by atoms with Crippen LogP contribution in [0.4, 0.5) is 0 Å². The number of fused-ring (bicyclic) bond motifs is 1. The van der Waals surface area contributed by atoms with Crippen molar-refractivity contribution in [2.45, 2.75) is 13.8 Å². The van der Waals surface area contributed by atoms with Crippen LogP contribution in [-0.4, -0.2) is 45.7 Å². The van der Waals surface area contributed by atoms with Crippen LogP contribution < -0.4 is 5.32 Å². The Hall–Kier alpha value is -1.93. The summed E-state index contributed by atoms with van der Waals surface area (Å²) in [5.74, 6) is 1.32. The number of carbonyl (C=O) groups excluding carboxylic acids is 2. The van der Waals surface area contributed by atoms with Crippen molar-refractivity contribution in [2.75, 3.05) is 18.1 Å². The van der Waals surface area contributed by atoms with E-state index in [4.69, 9.17) is 0 Å². The zero-order valence-electron chi connectivity index (χ0n) is 14.0. The lowest BCUT2D eigenvalue weighted by Crippen LogP contribution is -2.27. The Morgan fingerprint density at radius 1 is 1.36 bits per heavy atom. The van der Waals surface area contributed by atoms with Crippen molar-refractivity contribution in [3.63, 3.8) is 0 Å². The predicted molar refractivity (Wildman–Crippen MR) is 103 cm³/mol. The van der Waals surface area contributed by atoms with E-state index in [-0.39, 0.29) is 17.7 Å². The number of nitrogens with zero attached hydrogens (tertiary/aromatic N) is 3. The fourth-order valence-corrected chi connectivity index (χ4v) is 4.31. The fraction of sp³-hybridized carbons (Fsp3) is 0.353. The molecule has 2 aliphatic heterocycles. The van der Waals surface area contributed by atoms with Crippen molar-refractivity contribution in [3.05, 3.63) is 40.6 Å². The van der Waals surface area contributed by atoms with Crippen LogP contribution >= 0.6 is 23.5 Å². The number of pyridine rings is 1. The van der Waals surface area contributed by atoms with Gasteiger partial charge in [0.2, 0.25) is 0 Å². The van der Waals surface area contributed by atoms with Gasteiger partial charge in [-0.15, -0.1) is 0 Å². The Bertz CT molecular complexity index is 787. The van der Waals surface area contributed by atoms with Crippen molar-refractivity contribution >= 4 is 46.2 Å². The van der Waals surface area contributed by atoms with Crippen molar-refractivity contribution in [1.29, 1.82) is 0 Å². The minimum Gasteiger partial charge on any atom is -0.351 e. The summed E-state index contributed by atoms with van der Waals surface area (Å²) in [5, 5.41) is 3.68. The number of thioether (sulfide) groups is 2. The Morgan fingerprint density at radius 2 is 2.20 bits per heavy atom. The molecule has 0 bridgehead atoms. The third kappa shape index (κ3) is 4.19. The van der Waals surface area contributed by atoms with E-state index in [1.807, 2.05) is 13.8 Å². The first-order chi connectivity index (χ1) is 12.1. The SMILES string of the molecule is CC1=C(C)C2C(=O)N=C(CSCCNC(=O)c3cccnc3)N=C2S1. The molecule has 2 aliphatic rings. The number of hydrogen-bond donors (Lipinski definition) is 1. The summed E-state index contributed by atoms with van der Waals surface area (Å²) in [6.45, 7) is 4.51. The molecule has 0 spiro atoms. The van der Waals surface area contributed by atoms with Gasteiger partial charge < -0.3 is 5.32 Å². The minimum absolute atomic E-state index is 0.118. The van der Waals surface area contributed by atoms with Crippen molar-refractivity contribution in [3.8, 4) is 0 Å². The fourth-order valence-electron chi connectivity index (χ4n) is 2.47.